The van der Waals surface area contributed by atoms with E-state index in [1.807, 2.05) is 0 Å². The molecule has 0 radical (unpaired) electrons. The monoisotopic (exact) mass is 280 g/mol. The number of thiocarbonyl (C=S) groups is 1. The van der Waals surface area contributed by atoms with Crippen LogP contribution in [-0.4, -0.2) is 22.5 Å². The lowest BCUT2D eigenvalue weighted by Crippen LogP contribution is -2.46. The molecule has 8 heteroatoms. The minimum absolute atomic E-state index is 0.153. The van der Waals surface area contributed by atoms with Crippen LogP contribution in [0.5, 0.6) is 0 Å². The predicted molar refractivity (Wildman–Crippen MR) is 74.5 cm³/mol. The average Bonchev–Trinajstić information content (AvgIpc) is 2.42. The lowest BCUT2D eigenvalue weighted by atomic mass is 10.2. The smallest absolute Gasteiger partial charge is 0.270 e. The van der Waals surface area contributed by atoms with Crippen LogP contribution >= 0.6 is 12.2 Å². The summed E-state index contributed by atoms with van der Waals surface area (Å²) in [7, 11) is 0. The third kappa shape index (κ3) is 4.72. The van der Waals surface area contributed by atoms with Gasteiger partial charge in [0.15, 0.2) is 5.11 Å². The van der Waals surface area contributed by atoms with Crippen molar-refractivity contribution >= 4 is 28.9 Å². The number of benzene rings is 1. The normalized spacial score (nSPS) is 9.26. The van der Waals surface area contributed by atoms with E-state index >= 15 is 0 Å². The van der Waals surface area contributed by atoms with E-state index in [2.05, 4.69) is 22.7 Å². The zero-order valence-electron chi connectivity index (χ0n) is 9.88. The van der Waals surface area contributed by atoms with Gasteiger partial charge < -0.3 is 5.32 Å². The van der Waals surface area contributed by atoms with Crippen molar-refractivity contribution in [3.8, 4) is 0 Å². The van der Waals surface area contributed by atoms with Crippen molar-refractivity contribution in [2.24, 2.45) is 0 Å². The Morgan fingerprint density at radius 3 is 2.84 bits per heavy atom. The van der Waals surface area contributed by atoms with Gasteiger partial charge in [-0.05, 0) is 18.3 Å². The summed E-state index contributed by atoms with van der Waals surface area (Å²) < 4.78 is 0. The first kappa shape index (κ1) is 14.6. The molecule has 100 valence electrons. The van der Waals surface area contributed by atoms with Gasteiger partial charge in [-0.15, -0.1) is 6.58 Å². The maximum absolute atomic E-state index is 11.7. The van der Waals surface area contributed by atoms with E-state index in [0.29, 0.717) is 6.54 Å². The van der Waals surface area contributed by atoms with Crippen molar-refractivity contribution in [1.29, 1.82) is 0 Å². The van der Waals surface area contributed by atoms with E-state index in [-0.39, 0.29) is 16.4 Å². The molecule has 0 bridgehead atoms. The van der Waals surface area contributed by atoms with Gasteiger partial charge in [-0.1, -0.05) is 12.1 Å². The van der Waals surface area contributed by atoms with Crippen LogP contribution in [-0.2, 0) is 0 Å². The Bertz CT molecular complexity index is 518. The maximum Gasteiger partial charge on any atom is 0.270 e. The van der Waals surface area contributed by atoms with Crippen molar-refractivity contribution in [2.45, 2.75) is 0 Å². The van der Waals surface area contributed by atoms with Gasteiger partial charge in [0.05, 0.1) is 4.92 Å². The Hall–Kier alpha value is -2.48. The first-order chi connectivity index (χ1) is 9.04. The van der Waals surface area contributed by atoms with Crippen LogP contribution in [0.4, 0.5) is 5.69 Å². The van der Waals surface area contributed by atoms with Gasteiger partial charge in [-0.3, -0.25) is 25.8 Å². The van der Waals surface area contributed by atoms with Crippen LogP contribution in [0.1, 0.15) is 10.4 Å². The van der Waals surface area contributed by atoms with Crippen LogP contribution in [0, 0.1) is 10.1 Å². The summed E-state index contributed by atoms with van der Waals surface area (Å²) in [6, 6.07) is 5.38. The van der Waals surface area contributed by atoms with E-state index in [0.717, 1.165) is 0 Å². The average molecular weight is 280 g/mol. The van der Waals surface area contributed by atoms with Crippen molar-refractivity contribution in [2.75, 3.05) is 6.54 Å². The van der Waals surface area contributed by atoms with Crippen LogP contribution in [0.25, 0.3) is 0 Å². The highest BCUT2D eigenvalue weighted by Crippen LogP contribution is 2.12. The number of rotatable bonds is 4. The Kier molecular flexibility index (Phi) is 5.42. The number of nitrogens with one attached hydrogen (secondary N) is 3. The number of hydrogen-bond acceptors (Lipinski definition) is 4. The van der Waals surface area contributed by atoms with Gasteiger partial charge >= 0.3 is 0 Å². The molecule has 0 spiro atoms. The lowest BCUT2D eigenvalue weighted by molar-refractivity contribution is -0.384. The van der Waals surface area contributed by atoms with E-state index < -0.39 is 10.8 Å². The van der Waals surface area contributed by atoms with Crippen molar-refractivity contribution < 1.29 is 9.72 Å². The van der Waals surface area contributed by atoms with Gasteiger partial charge in [0.25, 0.3) is 11.6 Å². The molecule has 0 aliphatic rings. The van der Waals surface area contributed by atoms with Crippen LogP contribution in [0.3, 0.4) is 0 Å². The predicted octanol–water partition coefficient (Wildman–Crippen LogP) is 0.890. The second kappa shape index (κ2) is 7.07. The SMILES string of the molecule is C=CCNC(=S)NNC(=O)c1cccc([N+](=O)[O-])c1. The summed E-state index contributed by atoms with van der Waals surface area (Å²) in [6.45, 7) is 3.96. The van der Waals surface area contributed by atoms with Crippen molar-refractivity contribution in [1.82, 2.24) is 16.2 Å². The Balaban J connectivity index is 2.58. The Morgan fingerprint density at radius 1 is 1.47 bits per heavy atom. The van der Waals surface area contributed by atoms with E-state index in [1.165, 1.54) is 24.3 Å². The fraction of sp³-hybridized carbons (Fsp3) is 0.0909. The molecule has 0 saturated heterocycles. The molecule has 1 aromatic carbocycles. The van der Waals surface area contributed by atoms with Crippen LogP contribution < -0.4 is 16.2 Å². The molecule has 0 unspecified atom stereocenters. The summed E-state index contributed by atoms with van der Waals surface area (Å²) in [5.41, 5.74) is 4.80. The molecule has 1 rings (SSSR count). The van der Waals surface area contributed by atoms with Crippen molar-refractivity contribution in [3.63, 3.8) is 0 Å². The number of hydrazine groups is 1. The molecule has 0 aliphatic carbocycles. The fourth-order valence-corrected chi connectivity index (χ4v) is 1.29. The molecule has 0 aromatic heterocycles. The topological polar surface area (TPSA) is 96.3 Å². The summed E-state index contributed by atoms with van der Waals surface area (Å²) >= 11 is 4.86. The second-order valence-electron chi connectivity index (χ2n) is 3.39. The molecule has 7 nitrogen and oxygen atoms in total. The van der Waals surface area contributed by atoms with E-state index in [4.69, 9.17) is 12.2 Å². The van der Waals surface area contributed by atoms with E-state index in [9.17, 15) is 14.9 Å². The third-order valence-corrected chi connectivity index (χ3v) is 2.26. The third-order valence-electron chi connectivity index (χ3n) is 2.02. The van der Waals surface area contributed by atoms with E-state index in [1.54, 1.807) is 6.08 Å². The molecular formula is C11H12N4O3S. The molecule has 0 atom stereocenters. The summed E-state index contributed by atoms with van der Waals surface area (Å²) in [4.78, 5) is 21.7. The lowest BCUT2D eigenvalue weighted by Gasteiger charge is -2.10. The molecule has 1 amide bonds. The summed E-state index contributed by atoms with van der Waals surface area (Å²) in [5, 5.41) is 13.5. The standard InChI is InChI=1S/C11H12N4O3S/c1-2-6-12-11(19)14-13-10(16)8-4-3-5-9(7-8)15(17)18/h2-5,7H,1,6H2,(H,13,16)(H2,12,14,19). The summed E-state index contributed by atoms with van der Waals surface area (Å²) in [5.74, 6) is -0.522. The number of hydrogen-bond donors (Lipinski definition) is 3. The highest BCUT2D eigenvalue weighted by atomic mass is 32.1. The van der Waals surface area contributed by atoms with Gasteiger partial charge in [0.1, 0.15) is 0 Å². The number of carbonyl (C=O) groups excluding carboxylic acids is 1. The van der Waals surface area contributed by atoms with Gasteiger partial charge in [-0.2, -0.15) is 0 Å². The second-order valence-corrected chi connectivity index (χ2v) is 3.79. The first-order valence-corrected chi connectivity index (χ1v) is 5.65. The van der Waals surface area contributed by atoms with Crippen molar-refractivity contribution in [3.05, 3.63) is 52.6 Å². The Morgan fingerprint density at radius 2 is 2.21 bits per heavy atom. The zero-order valence-corrected chi connectivity index (χ0v) is 10.7. The summed E-state index contributed by atoms with van der Waals surface area (Å²) in [6.07, 6.45) is 1.61. The number of non-ortho nitro benzene ring substituents is 1. The minimum atomic E-state index is -0.569. The number of nitro benzene ring substituents is 1. The van der Waals surface area contributed by atoms with Gasteiger partial charge in [0.2, 0.25) is 0 Å². The zero-order chi connectivity index (χ0) is 14.3. The molecule has 0 fully saturated rings. The number of nitro groups is 1. The van der Waals surface area contributed by atoms with Crippen LogP contribution in [0.2, 0.25) is 0 Å². The van der Waals surface area contributed by atoms with Gasteiger partial charge in [0, 0.05) is 24.2 Å². The number of amides is 1. The molecule has 0 aliphatic heterocycles. The fourth-order valence-electron chi connectivity index (χ4n) is 1.16. The maximum atomic E-state index is 11.7. The molecule has 3 N–H and O–H groups in total. The first-order valence-electron chi connectivity index (χ1n) is 5.24. The molecule has 0 saturated carbocycles. The molecular weight excluding hydrogens is 268 g/mol. The quantitative estimate of drug-likeness (QED) is 0.328. The number of carbonyl (C=O) groups is 1. The van der Waals surface area contributed by atoms with Gasteiger partial charge in [-0.25, -0.2) is 0 Å². The molecule has 19 heavy (non-hydrogen) atoms. The van der Waals surface area contributed by atoms with Crippen LogP contribution in [0.15, 0.2) is 36.9 Å². The highest BCUT2D eigenvalue weighted by molar-refractivity contribution is 7.80. The highest BCUT2D eigenvalue weighted by Gasteiger charge is 2.11. The molecule has 1 aromatic rings. The molecule has 0 heterocycles. The Labute approximate surface area is 114 Å². The largest absolute Gasteiger partial charge is 0.358 e. The number of nitrogens with zero attached hydrogens (tertiary/aromatic N) is 1. The minimum Gasteiger partial charge on any atom is -0.358 e.